The third-order valence-electron chi connectivity index (χ3n) is 1.67. The van der Waals surface area contributed by atoms with Crippen molar-refractivity contribution in [1.29, 1.82) is 0 Å². The van der Waals surface area contributed by atoms with Crippen molar-refractivity contribution in [2.75, 3.05) is 13.7 Å². The molecule has 1 radical (unpaired) electrons. The molecule has 0 spiro atoms. The van der Waals surface area contributed by atoms with Gasteiger partial charge in [0.2, 0.25) is 0 Å². The molecule has 71 valence electrons. The van der Waals surface area contributed by atoms with E-state index in [9.17, 15) is 0 Å². The van der Waals surface area contributed by atoms with Crippen LogP contribution in [0.5, 0.6) is 5.75 Å². The first kappa shape index (κ1) is 10.4. The average Bonchev–Trinajstić information content (AvgIpc) is 2.16. The number of likely N-dealkylation sites (N-methyl/N-ethyl adjacent to an activating group) is 1. The van der Waals surface area contributed by atoms with Gasteiger partial charge in [0.1, 0.15) is 12.4 Å². The second kappa shape index (κ2) is 5.10. The highest BCUT2D eigenvalue weighted by molar-refractivity contribution is 6.30. The van der Waals surface area contributed by atoms with Gasteiger partial charge in [-0.3, -0.25) is 0 Å². The monoisotopic (exact) mass is 198 g/mol. The molecule has 0 bridgehead atoms. The van der Waals surface area contributed by atoms with Crippen LogP contribution in [-0.4, -0.2) is 19.7 Å². The number of benzene rings is 1. The Morgan fingerprint density at radius 3 is 2.62 bits per heavy atom. The fourth-order valence-electron chi connectivity index (χ4n) is 0.811. The third kappa shape index (κ3) is 3.66. The molecule has 0 aliphatic rings. The zero-order valence-corrected chi connectivity index (χ0v) is 8.34. The Bertz CT molecular complexity index is 248. The minimum absolute atomic E-state index is 0.107. The van der Waals surface area contributed by atoms with Crippen LogP contribution in [0.2, 0.25) is 5.02 Å². The molecule has 1 atom stereocenters. The lowest BCUT2D eigenvalue weighted by Gasteiger charge is -2.11. The van der Waals surface area contributed by atoms with Crippen molar-refractivity contribution in [3.8, 4) is 5.75 Å². The molecule has 0 saturated carbocycles. The smallest absolute Gasteiger partial charge is 0.119 e. The number of rotatable bonds is 4. The molecule has 0 aliphatic carbocycles. The van der Waals surface area contributed by atoms with Gasteiger partial charge in [-0.1, -0.05) is 11.6 Å². The molecule has 1 rings (SSSR count). The lowest BCUT2D eigenvalue weighted by molar-refractivity contribution is 0.291. The standard InChI is InChI=1S/C10H13ClNO/c1-8(12-2)7-13-10-5-3-9(11)4-6-10/h3-6,8,12H,1,7H2,2H3. The van der Waals surface area contributed by atoms with Crippen LogP contribution >= 0.6 is 11.6 Å². The van der Waals surface area contributed by atoms with Crippen molar-refractivity contribution in [2.24, 2.45) is 0 Å². The Morgan fingerprint density at radius 1 is 1.46 bits per heavy atom. The second-order valence-corrected chi connectivity index (χ2v) is 3.19. The van der Waals surface area contributed by atoms with Crippen molar-refractivity contribution in [1.82, 2.24) is 5.32 Å². The van der Waals surface area contributed by atoms with Crippen LogP contribution in [0.1, 0.15) is 0 Å². The number of hydrogen-bond donors (Lipinski definition) is 1. The largest absolute Gasteiger partial charge is 0.492 e. The maximum Gasteiger partial charge on any atom is 0.119 e. The fourth-order valence-corrected chi connectivity index (χ4v) is 0.937. The molecule has 1 aromatic carbocycles. The lowest BCUT2D eigenvalue weighted by atomic mass is 10.3. The highest BCUT2D eigenvalue weighted by Crippen LogP contribution is 2.15. The van der Waals surface area contributed by atoms with E-state index in [1.807, 2.05) is 19.2 Å². The maximum absolute atomic E-state index is 5.72. The van der Waals surface area contributed by atoms with Crippen LogP contribution in [0.25, 0.3) is 0 Å². The minimum Gasteiger partial charge on any atom is -0.492 e. The van der Waals surface area contributed by atoms with Crippen LogP contribution in [0.3, 0.4) is 0 Å². The molecule has 0 aliphatic heterocycles. The summed E-state index contributed by atoms with van der Waals surface area (Å²) >= 11 is 5.72. The first-order valence-corrected chi connectivity index (χ1v) is 4.49. The summed E-state index contributed by atoms with van der Waals surface area (Å²) in [5, 5.41) is 3.70. The van der Waals surface area contributed by atoms with E-state index in [0.717, 1.165) is 5.75 Å². The van der Waals surface area contributed by atoms with Gasteiger partial charge in [0.25, 0.3) is 0 Å². The van der Waals surface area contributed by atoms with Crippen molar-refractivity contribution in [3.63, 3.8) is 0 Å². The predicted molar refractivity (Wildman–Crippen MR) is 55.2 cm³/mol. The van der Waals surface area contributed by atoms with Gasteiger partial charge in [0.15, 0.2) is 0 Å². The Labute approximate surface area is 83.9 Å². The van der Waals surface area contributed by atoms with Crippen LogP contribution in [-0.2, 0) is 0 Å². The molecular weight excluding hydrogens is 186 g/mol. The first-order chi connectivity index (χ1) is 6.22. The topological polar surface area (TPSA) is 21.3 Å². The van der Waals surface area contributed by atoms with E-state index in [4.69, 9.17) is 16.3 Å². The van der Waals surface area contributed by atoms with Gasteiger partial charge in [-0.05, 0) is 38.2 Å². The molecule has 1 unspecified atom stereocenters. The van der Waals surface area contributed by atoms with E-state index in [1.54, 1.807) is 12.1 Å². The Morgan fingerprint density at radius 2 is 2.08 bits per heavy atom. The number of hydrogen-bond acceptors (Lipinski definition) is 2. The molecule has 1 aromatic rings. The third-order valence-corrected chi connectivity index (χ3v) is 1.93. The summed E-state index contributed by atoms with van der Waals surface area (Å²) in [5.74, 6) is 0.813. The van der Waals surface area contributed by atoms with Gasteiger partial charge >= 0.3 is 0 Å². The summed E-state index contributed by atoms with van der Waals surface area (Å²) in [7, 11) is 1.85. The van der Waals surface area contributed by atoms with Gasteiger partial charge in [-0.25, -0.2) is 0 Å². The fraction of sp³-hybridized carbons (Fsp3) is 0.300. The zero-order chi connectivity index (χ0) is 9.68. The predicted octanol–water partition coefficient (Wildman–Crippen LogP) is 2.14. The van der Waals surface area contributed by atoms with Crippen LogP contribution in [0.15, 0.2) is 24.3 Å². The molecule has 0 heterocycles. The van der Waals surface area contributed by atoms with E-state index in [0.29, 0.717) is 11.6 Å². The summed E-state index contributed by atoms with van der Waals surface area (Å²) in [6, 6.07) is 7.38. The lowest BCUT2D eigenvalue weighted by Crippen LogP contribution is -2.28. The first-order valence-electron chi connectivity index (χ1n) is 4.11. The van der Waals surface area contributed by atoms with E-state index >= 15 is 0 Å². The SMILES string of the molecule is [CH2]C(COc1ccc(Cl)cc1)NC. The summed E-state index contributed by atoms with van der Waals surface area (Å²) < 4.78 is 5.43. The van der Waals surface area contributed by atoms with Crippen LogP contribution in [0, 0.1) is 6.92 Å². The van der Waals surface area contributed by atoms with Gasteiger partial charge in [0.05, 0.1) is 0 Å². The molecular formula is C10H13ClNO. The minimum atomic E-state index is 0.107. The number of nitrogens with one attached hydrogen (secondary N) is 1. The number of ether oxygens (including phenoxy) is 1. The van der Waals surface area contributed by atoms with Gasteiger partial charge < -0.3 is 10.1 Å². The van der Waals surface area contributed by atoms with Crippen molar-refractivity contribution in [2.45, 2.75) is 6.04 Å². The van der Waals surface area contributed by atoms with Gasteiger partial charge in [0, 0.05) is 11.1 Å². The molecule has 0 amide bonds. The quantitative estimate of drug-likeness (QED) is 0.801. The van der Waals surface area contributed by atoms with E-state index in [1.165, 1.54) is 0 Å². The molecule has 1 N–H and O–H groups in total. The Hall–Kier alpha value is -0.730. The van der Waals surface area contributed by atoms with Crippen molar-refractivity contribution >= 4 is 11.6 Å². The summed E-state index contributed by atoms with van der Waals surface area (Å²) in [6.07, 6.45) is 0. The average molecular weight is 199 g/mol. The van der Waals surface area contributed by atoms with E-state index in [2.05, 4.69) is 12.2 Å². The highest BCUT2D eigenvalue weighted by atomic mass is 35.5. The van der Waals surface area contributed by atoms with Crippen LogP contribution < -0.4 is 10.1 Å². The highest BCUT2D eigenvalue weighted by Gasteiger charge is 1.98. The molecule has 13 heavy (non-hydrogen) atoms. The van der Waals surface area contributed by atoms with Crippen LogP contribution in [0.4, 0.5) is 0 Å². The molecule has 0 fully saturated rings. The Balaban J connectivity index is 2.41. The zero-order valence-electron chi connectivity index (χ0n) is 7.59. The summed E-state index contributed by atoms with van der Waals surface area (Å²) in [5.41, 5.74) is 0. The summed E-state index contributed by atoms with van der Waals surface area (Å²) in [6.45, 7) is 4.38. The molecule has 0 aromatic heterocycles. The molecule has 2 nitrogen and oxygen atoms in total. The Kier molecular flexibility index (Phi) is 4.06. The van der Waals surface area contributed by atoms with Crippen molar-refractivity contribution in [3.05, 3.63) is 36.2 Å². The van der Waals surface area contributed by atoms with E-state index in [-0.39, 0.29) is 6.04 Å². The van der Waals surface area contributed by atoms with Crippen molar-refractivity contribution < 1.29 is 4.74 Å². The molecule has 3 heteroatoms. The number of halogens is 1. The molecule has 0 saturated heterocycles. The van der Waals surface area contributed by atoms with Gasteiger partial charge in [-0.15, -0.1) is 0 Å². The van der Waals surface area contributed by atoms with E-state index < -0.39 is 0 Å². The normalized spacial score (nSPS) is 12.5. The van der Waals surface area contributed by atoms with Gasteiger partial charge in [-0.2, -0.15) is 0 Å². The second-order valence-electron chi connectivity index (χ2n) is 2.75. The summed E-state index contributed by atoms with van der Waals surface area (Å²) in [4.78, 5) is 0. The maximum atomic E-state index is 5.72.